The largest absolute Gasteiger partial charge is 0.406 e. The monoisotopic (exact) mass is 505 g/mol. The molecule has 0 aliphatic rings. The Kier molecular flexibility index (Phi) is 11.4. The van der Waals surface area contributed by atoms with Gasteiger partial charge in [0.1, 0.15) is 12.3 Å². The molecule has 0 saturated heterocycles. The van der Waals surface area contributed by atoms with Gasteiger partial charge in [0.15, 0.2) is 5.96 Å². The van der Waals surface area contributed by atoms with Crippen LogP contribution in [0.5, 0.6) is 0 Å². The number of carbonyl (C=O) groups excluding carboxylic acids is 1. The second kappa shape index (κ2) is 12.0. The summed E-state index contributed by atoms with van der Waals surface area (Å²) in [6, 6.07) is 0. The summed E-state index contributed by atoms with van der Waals surface area (Å²) in [7, 11) is 1.11. The first-order chi connectivity index (χ1) is 12.2. The van der Waals surface area contributed by atoms with Gasteiger partial charge in [-0.05, 0) is 13.3 Å². The molecule has 0 fully saturated rings. The summed E-state index contributed by atoms with van der Waals surface area (Å²) in [5.74, 6) is 0.412. The van der Waals surface area contributed by atoms with E-state index in [-0.39, 0.29) is 30.5 Å². The van der Waals surface area contributed by atoms with E-state index in [2.05, 4.69) is 20.8 Å². The zero-order chi connectivity index (χ0) is 19.7. The number of hydrogen-bond acceptors (Lipinski definition) is 4. The molecule has 0 spiro atoms. The van der Waals surface area contributed by atoms with Crippen molar-refractivity contribution >= 4 is 35.8 Å². The summed E-state index contributed by atoms with van der Waals surface area (Å²) in [4.78, 5) is 16.8. The fourth-order valence-electron chi connectivity index (χ4n) is 2.27. The maximum Gasteiger partial charge on any atom is 0.406 e. The van der Waals surface area contributed by atoms with Gasteiger partial charge in [0.2, 0.25) is 5.91 Å². The van der Waals surface area contributed by atoms with Crippen molar-refractivity contribution in [1.82, 2.24) is 20.7 Å². The summed E-state index contributed by atoms with van der Waals surface area (Å²) < 4.78 is 42.3. The molecule has 0 aliphatic carbocycles. The zero-order valence-corrected chi connectivity index (χ0v) is 18.3. The number of nitrogens with zero attached hydrogens (tertiary/aromatic N) is 3. The molecule has 0 bridgehead atoms. The lowest BCUT2D eigenvalue weighted by Crippen LogP contribution is -2.45. The van der Waals surface area contributed by atoms with Crippen LogP contribution in [0, 0.1) is 0 Å². The van der Waals surface area contributed by atoms with E-state index in [9.17, 15) is 18.0 Å². The molecule has 0 unspecified atom stereocenters. The van der Waals surface area contributed by atoms with Crippen LogP contribution in [0.2, 0.25) is 0 Å². The summed E-state index contributed by atoms with van der Waals surface area (Å²) in [5.41, 5.74) is 1.72. The number of aromatic nitrogens is 1. The first-order valence-electron chi connectivity index (χ1n) is 8.50. The van der Waals surface area contributed by atoms with Gasteiger partial charge in [-0.25, -0.2) is 4.99 Å². The topological polar surface area (TPSA) is 82.8 Å². The number of likely N-dealkylation sites (N-methyl/N-ethyl adjacent to an activating group) is 1. The first kappa shape index (κ1) is 25.5. The smallest absolute Gasteiger partial charge is 0.361 e. The van der Waals surface area contributed by atoms with Gasteiger partial charge in [0.25, 0.3) is 0 Å². The number of aryl methyl sites for hydroxylation is 2. The predicted molar refractivity (Wildman–Crippen MR) is 107 cm³/mol. The zero-order valence-electron chi connectivity index (χ0n) is 15.9. The first-order valence-corrected chi connectivity index (χ1v) is 8.50. The van der Waals surface area contributed by atoms with Crippen molar-refractivity contribution in [3.8, 4) is 0 Å². The molecule has 11 heteroatoms. The minimum absolute atomic E-state index is 0. The van der Waals surface area contributed by atoms with E-state index in [1.54, 1.807) is 0 Å². The summed E-state index contributed by atoms with van der Waals surface area (Å²) in [6.07, 6.45) is -3.04. The van der Waals surface area contributed by atoms with E-state index >= 15 is 0 Å². The molecule has 1 aromatic rings. The van der Waals surface area contributed by atoms with Crippen molar-refractivity contribution in [2.45, 2.75) is 46.3 Å². The minimum atomic E-state index is -4.43. The summed E-state index contributed by atoms with van der Waals surface area (Å²) in [5, 5.41) is 9.72. The van der Waals surface area contributed by atoms with Crippen molar-refractivity contribution in [3.05, 3.63) is 17.0 Å². The van der Waals surface area contributed by atoms with Gasteiger partial charge < -0.3 is 20.1 Å². The highest BCUT2D eigenvalue weighted by Crippen LogP contribution is 2.17. The van der Waals surface area contributed by atoms with Crippen LogP contribution >= 0.6 is 24.0 Å². The Labute approximate surface area is 174 Å². The molecule has 0 saturated carbocycles. The molecule has 156 valence electrons. The molecular formula is C16H27F3IN5O2. The molecule has 0 radical (unpaired) electrons. The second-order valence-electron chi connectivity index (χ2n) is 5.65. The molecule has 0 aromatic carbocycles. The standard InChI is InChI=1S/C16H26F3N5O2.HI/c1-5-12-11(13(6-2)26-23-12)8-21-15(20-7-3)22-9-14(25)24(4)10-16(17,18)19;/h5-10H2,1-4H3,(H2,20,21,22);1H. The lowest BCUT2D eigenvalue weighted by atomic mass is 10.1. The average Bonchev–Trinajstić information content (AvgIpc) is 2.97. The molecule has 1 heterocycles. The number of hydrogen-bond donors (Lipinski definition) is 2. The van der Waals surface area contributed by atoms with Gasteiger partial charge in [-0.15, -0.1) is 24.0 Å². The Morgan fingerprint density at radius 1 is 1.22 bits per heavy atom. The minimum Gasteiger partial charge on any atom is -0.361 e. The third-order valence-electron chi connectivity index (χ3n) is 3.60. The van der Waals surface area contributed by atoms with Crippen LogP contribution in [0.25, 0.3) is 0 Å². The molecule has 2 N–H and O–H groups in total. The average molecular weight is 505 g/mol. The Morgan fingerprint density at radius 2 is 1.89 bits per heavy atom. The highest BCUT2D eigenvalue weighted by Gasteiger charge is 2.31. The van der Waals surface area contributed by atoms with Crippen molar-refractivity contribution in [1.29, 1.82) is 0 Å². The number of carbonyl (C=O) groups is 1. The van der Waals surface area contributed by atoms with Crippen molar-refractivity contribution in [2.24, 2.45) is 4.99 Å². The molecule has 1 rings (SSSR count). The van der Waals surface area contributed by atoms with Gasteiger partial charge in [-0.1, -0.05) is 19.0 Å². The summed E-state index contributed by atoms with van der Waals surface area (Å²) in [6.45, 7) is 5.03. The van der Waals surface area contributed by atoms with Crippen LogP contribution in [0.3, 0.4) is 0 Å². The lowest BCUT2D eigenvalue weighted by Gasteiger charge is -2.20. The highest BCUT2D eigenvalue weighted by atomic mass is 127. The number of aliphatic imine (C=N–C) groups is 1. The van der Waals surface area contributed by atoms with E-state index in [4.69, 9.17) is 4.52 Å². The number of halogens is 4. The third kappa shape index (κ3) is 8.80. The normalized spacial score (nSPS) is 11.7. The quantitative estimate of drug-likeness (QED) is 0.323. The van der Waals surface area contributed by atoms with E-state index < -0.39 is 18.6 Å². The Morgan fingerprint density at radius 3 is 2.41 bits per heavy atom. The van der Waals surface area contributed by atoms with Crippen LogP contribution in [-0.4, -0.2) is 54.8 Å². The molecule has 0 atom stereocenters. The van der Waals surface area contributed by atoms with Crippen LogP contribution in [0.4, 0.5) is 13.2 Å². The Bertz CT molecular complexity index is 598. The lowest BCUT2D eigenvalue weighted by molar-refractivity contribution is -0.157. The number of nitrogens with one attached hydrogen (secondary N) is 2. The maximum atomic E-state index is 12.3. The maximum absolute atomic E-state index is 12.3. The molecule has 0 aliphatic heterocycles. The number of guanidine groups is 1. The third-order valence-corrected chi connectivity index (χ3v) is 3.60. The van der Waals surface area contributed by atoms with Gasteiger partial charge in [-0.2, -0.15) is 13.2 Å². The van der Waals surface area contributed by atoms with Crippen LogP contribution in [0.15, 0.2) is 9.52 Å². The van der Waals surface area contributed by atoms with Crippen molar-refractivity contribution < 1.29 is 22.5 Å². The number of alkyl halides is 3. The molecule has 1 aromatic heterocycles. The second-order valence-corrected chi connectivity index (χ2v) is 5.65. The molecule has 1 amide bonds. The van der Waals surface area contributed by atoms with E-state index in [0.717, 1.165) is 24.1 Å². The van der Waals surface area contributed by atoms with Crippen molar-refractivity contribution in [2.75, 3.05) is 26.7 Å². The fourth-order valence-corrected chi connectivity index (χ4v) is 2.27. The number of amides is 1. The molecular weight excluding hydrogens is 478 g/mol. The van der Waals surface area contributed by atoms with E-state index in [1.807, 2.05) is 20.8 Å². The van der Waals surface area contributed by atoms with Crippen LogP contribution < -0.4 is 10.6 Å². The van der Waals surface area contributed by atoms with Gasteiger partial charge in [0, 0.05) is 25.6 Å². The highest BCUT2D eigenvalue weighted by molar-refractivity contribution is 14.0. The summed E-state index contributed by atoms with van der Waals surface area (Å²) >= 11 is 0. The van der Waals surface area contributed by atoms with Gasteiger partial charge in [-0.3, -0.25) is 4.79 Å². The van der Waals surface area contributed by atoms with E-state index in [1.165, 1.54) is 0 Å². The Hall–Kier alpha value is -1.53. The van der Waals surface area contributed by atoms with Crippen molar-refractivity contribution in [3.63, 3.8) is 0 Å². The van der Waals surface area contributed by atoms with Crippen LogP contribution in [-0.2, 0) is 24.2 Å². The van der Waals surface area contributed by atoms with Crippen LogP contribution in [0.1, 0.15) is 37.8 Å². The Balaban J connectivity index is 0.00000676. The van der Waals surface area contributed by atoms with Gasteiger partial charge >= 0.3 is 6.18 Å². The molecule has 7 nitrogen and oxygen atoms in total. The molecule has 27 heavy (non-hydrogen) atoms. The SMILES string of the molecule is CCNC(=NCc1c(CC)noc1CC)NCC(=O)N(C)CC(F)(F)F.I. The predicted octanol–water partition coefficient (Wildman–Crippen LogP) is 2.49. The van der Waals surface area contributed by atoms with Gasteiger partial charge in [0.05, 0.1) is 18.8 Å². The fraction of sp³-hybridized carbons (Fsp3) is 0.688. The van der Waals surface area contributed by atoms with E-state index in [0.29, 0.717) is 36.8 Å². The number of rotatable bonds is 8.